The maximum Gasteiger partial charge on any atom is 0.337 e. The fourth-order valence-electron chi connectivity index (χ4n) is 5.90. The lowest BCUT2D eigenvalue weighted by Gasteiger charge is -2.47. The van der Waals surface area contributed by atoms with Gasteiger partial charge in [-0.05, 0) is 64.0 Å². The lowest BCUT2D eigenvalue weighted by atomic mass is 9.86. The first-order valence-electron chi connectivity index (χ1n) is 14.0. The fraction of sp³-hybridized carbons (Fsp3) is 0.621. The molecule has 4 rings (SSSR count). The van der Waals surface area contributed by atoms with Crippen molar-refractivity contribution in [3.8, 4) is 0 Å². The monoisotopic (exact) mass is 558 g/mol. The molecule has 9 nitrogen and oxygen atoms in total. The molecule has 0 bridgehead atoms. The first kappa shape index (κ1) is 29.6. The maximum atomic E-state index is 13.8. The van der Waals surface area contributed by atoms with Crippen LogP contribution in [-0.4, -0.2) is 74.5 Å². The van der Waals surface area contributed by atoms with E-state index in [9.17, 15) is 23.5 Å². The smallest absolute Gasteiger partial charge is 0.337 e. The van der Waals surface area contributed by atoms with E-state index in [4.69, 9.17) is 0 Å². The number of hydrogen-bond donors (Lipinski definition) is 2. The zero-order valence-electron chi connectivity index (χ0n) is 24.2. The summed E-state index contributed by atoms with van der Waals surface area (Å²) in [5.74, 6) is -2.76. The zero-order chi connectivity index (χ0) is 29.4. The summed E-state index contributed by atoms with van der Waals surface area (Å²) in [5.41, 5.74) is 1.64. The number of carbonyl (C=O) groups excluding carboxylic acids is 1. The molecule has 0 radical (unpaired) electrons. The van der Waals surface area contributed by atoms with Gasteiger partial charge in [0, 0.05) is 39.0 Å². The third-order valence-corrected chi connectivity index (χ3v) is 7.93. The molecule has 1 unspecified atom stereocenters. The van der Waals surface area contributed by atoms with E-state index in [1.807, 2.05) is 27.7 Å². The van der Waals surface area contributed by atoms with Gasteiger partial charge in [-0.2, -0.15) is 0 Å². The molecule has 2 aromatic heterocycles. The summed E-state index contributed by atoms with van der Waals surface area (Å²) >= 11 is 0. The van der Waals surface area contributed by atoms with Gasteiger partial charge in [-0.1, -0.05) is 13.8 Å². The number of halogens is 2. The highest BCUT2D eigenvalue weighted by molar-refractivity contribution is 5.93. The molecular weight excluding hydrogens is 518 g/mol. The number of rotatable bonds is 7. The largest absolute Gasteiger partial charge is 0.478 e. The van der Waals surface area contributed by atoms with Crippen LogP contribution >= 0.6 is 0 Å². The van der Waals surface area contributed by atoms with Crippen molar-refractivity contribution in [2.45, 2.75) is 84.6 Å². The van der Waals surface area contributed by atoms with Crippen LogP contribution in [0.15, 0.2) is 12.3 Å². The van der Waals surface area contributed by atoms with Crippen LogP contribution in [0.2, 0.25) is 0 Å². The number of amides is 1. The second kappa shape index (κ2) is 11.2. The summed E-state index contributed by atoms with van der Waals surface area (Å²) in [6.45, 7) is 13.2. The molecule has 1 amide bonds. The van der Waals surface area contributed by atoms with Crippen LogP contribution in [0.5, 0.6) is 0 Å². The van der Waals surface area contributed by atoms with Crippen molar-refractivity contribution in [2.75, 3.05) is 36.4 Å². The van der Waals surface area contributed by atoms with Gasteiger partial charge in [-0.3, -0.25) is 4.79 Å². The molecule has 2 aromatic rings. The SMILES string of the molecule is Cc1cc(N2CCN(C(=O)c3cnc(NCC4CCCC(F)(F)C4)c(C(C)C)n3)C(C)(C)C2)nc(C)c1C(=O)O. The van der Waals surface area contributed by atoms with E-state index in [0.29, 0.717) is 61.2 Å². The van der Waals surface area contributed by atoms with Crippen LogP contribution in [0, 0.1) is 19.8 Å². The van der Waals surface area contributed by atoms with Gasteiger partial charge in [0.15, 0.2) is 0 Å². The number of hydrogen-bond acceptors (Lipinski definition) is 7. The minimum Gasteiger partial charge on any atom is -0.478 e. The van der Waals surface area contributed by atoms with E-state index >= 15 is 0 Å². The Bertz CT molecular complexity index is 1260. The van der Waals surface area contributed by atoms with Gasteiger partial charge in [-0.25, -0.2) is 28.5 Å². The molecule has 218 valence electrons. The molecule has 0 aromatic carbocycles. The number of anilines is 2. The molecule has 40 heavy (non-hydrogen) atoms. The molecule has 1 saturated heterocycles. The molecular formula is C29H40F2N6O3. The molecule has 1 atom stereocenters. The normalized spacial score (nSPS) is 20.5. The number of carboxylic acid groups (broad SMARTS) is 1. The number of carboxylic acids is 1. The zero-order valence-corrected chi connectivity index (χ0v) is 24.2. The van der Waals surface area contributed by atoms with Crippen molar-refractivity contribution >= 4 is 23.5 Å². The van der Waals surface area contributed by atoms with Crippen molar-refractivity contribution in [3.63, 3.8) is 0 Å². The van der Waals surface area contributed by atoms with E-state index in [-0.39, 0.29) is 41.8 Å². The minimum absolute atomic E-state index is 0.0215. The number of alkyl halides is 2. The number of carbonyl (C=O) groups is 2. The Balaban J connectivity index is 1.48. The Hall–Kier alpha value is -3.37. The molecule has 2 aliphatic rings. The van der Waals surface area contributed by atoms with Gasteiger partial charge >= 0.3 is 5.97 Å². The Kier molecular flexibility index (Phi) is 8.33. The summed E-state index contributed by atoms with van der Waals surface area (Å²) in [5, 5.41) is 12.7. The predicted molar refractivity (Wildman–Crippen MR) is 150 cm³/mol. The number of piperazine rings is 1. The third-order valence-electron chi connectivity index (χ3n) is 7.93. The standard InChI is InChI=1S/C29H40F2N6O3/c1-17(2)24-25(32-14-20-8-7-9-29(30,31)13-20)33-15-21(35-24)26(38)37-11-10-36(16-28(37,5)6)22-12-18(3)23(27(39)40)19(4)34-22/h12,15,17,20H,7-11,13-14,16H2,1-6H3,(H,32,33)(H,39,40). The number of aryl methyl sites for hydroxylation is 2. The quantitative estimate of drug-likeness (QED) is 0.472. The predicted octanol–water partition coefficient (Wildman–Crippen LogP) is 5.29. The average Bonchev–Trinajstić information content (AvgIpc) is 2.85. The molecule has 3 heterocycles. The summed E-state index contributed by atoms with van der Waals surface area (Å²) in [6.07, 6.45) is 2.56. The van der Waals surface area contributed by atoms with Crippen LogP contribution in [-0.2, 0) is 0 Å². The Morgan fingerprint density at radius 2 is 1.93 bits per heavy atom. The molecule has 1 aliphatic heterocycles. The second-order valence-corrected chi connectivity index (χ2v) is 12.1. The van der Waals surface area contributed by atoms with Crippen LogP contribution in [0.25, 0.3) is 0 Å². The van der Waals surface area contributed by atoms with E-state index in [1.165, 1.54) is 6.20 Å². The summed E-state index contributed by atoms with van der Waals surface area (Å²) in [4.78, 5) is 42.8. The Morgan fingerprint density at radius 1 is 1.20 bits per heavy atom. The van der Waals surface area contributed by atoms with Gasteiger partial charge in [-0.15, -0.1) is 0 Å². The number of aromatic nitrogens is 3. The van der Waals surface area contributed by atoms with Crippen molar-refractivity contribution in [1.82, 2.24) is 19.9 Å². The number of nitrogens with zero attached hydrogens (tertiary/aromatic N) is 5. The molecule has 0 spiro atoms. The van der Waals surface area contributed by atoms with Gasteiger partial charge in [0.2, 0.25) is 5.92 Å². The van der Waals surface area contributed by atoms with Crippen LogP contribution in [0.4, 0.5) is 20.4 Å². The molecule has 2 N–H and O–H groups in total. The highest BCUT2D eigenvalue weighted by Crippen LogP contribution is 2.37. The van der Waals surface area contributed by atoms with Crippen molar-refractivity contribution in [1.29, 1.82) is 0 Å². The summed E-state index contributed by atoms with van der Waals surface area (Å²) in [7, 11) is 0. The highest BCUT2D eigenvalue weighted by Gasteiger charge is 2.39. The minimum atomic E-state index is -2.61. The van der Waals surface area contributed by atoms with E-state index in [0.717, 1.165) is 6.42 Å². The van der Waals surface area contributed by atoms with Gasteiger partial charge in [0.05, 0.1) is 28.7 Å². The van der Waals surface area contributed by atoms with Crippen LogP contribution in [0.3, 0.4) is 0 Å². The first-order valence-corrected chi connectivity index (χ1v) is 14.0. The van der Waals surface area contributed by atoms with Crippen molar-refractivity contribution in [2.24, 2.45) is 5.92 Å². The lowest BCUT2D eigenvalue weighted by molar-refractivity contribution is -0.0503. The molecule has 11 heteroatoms. The van der Waals surface area contributed by atoms with Crippen molar-refractivity contribution < 1.29 is 23.5 Å². The molecule has 1 aliphatic carbocycles. The highest BCUT2D eigenvalue weighted by atomic mass is 19.3. The Labute approximate surface area is 234 Å². The maximum absolute atomic E-state index is 13.8. The van der Waals surface area contributed by atoms with E-state index < -0.39 is 17.4 Å². The van der Waals surface area contributed by atoms with Gasteiger partial charge < -0.3 is 20.2 Å². The number of nitrogens with one attached hydrogen (secondary N) is 1. The average molecular weight is 559 g/mol. The molecule has 1 saturated carbocycles. The topological polar surface area (TPSA) is 112 Å². The summed E-state index contributed by atoms with van der Waals surface area (Å²) < 4.78 is 27.7. The van der Waals surface area contributed by atoms with E-state index in [2.05, 4.69) is 25.2 Å². The van der Waals surface area contributed by atoms with E-state index in [1.54, 1.807) is 24.8 Å². The number of pyridine rings is 1. The van der Waals surface area contributed by atoms with Crippen molar-refractivity contribution in [3.05, 3.63) is 40.5 Å². The third kappa shape index (κ3) is 6.33. The van der Waals surface area contributed by atoms with Gasteiger partial charge in [0.1, 0.15) is 17.3 Å². The fourth-order valence-corrected chi connectivity index (χ4v) is 5.90. The number of aromatic carboxylic acids is 1. The lowest BCUT2D eigenvalue weighted by Crippen LogP contribution is -2.61. The van der Waals surface area contributed by atoms with Crippen LogP contribution < -0.4 is 10.2 Å². The van der Waals surface area contributed by atoms with Crippen LogP contribution in [0.1, 0.15) is 97.1 Å². The second-order valence-electron chi connectivity index (χ2n) is 12.1. The molecule has 2 fully saturated rings. The van der Waals surface area contributed by atoms with Gasteiger partial charge in [0.25, 0.3) is 5.91 Å². The first-order chi connectivity index (χ1) is 18.7. The summed E-state index contributed by atoms with van der Waals surface area (Å²) in [6, 6.07) is 1.78. The Morgan fingerprint density at radius 3 is 2.52 bits per heavy atom.